The van der Waals surface area contributed by atoms with Crippen LogP contribution in [0.3, 0.4) is 0 Å². The second kappa shape index (κ2) is 13.3. The number of rotatable bonds is 13. The third kappa shape index (κ3) is 9.83. The molecule has 0 aromatic heterocycles. The minimum Gasteiger partial charge on any atom is -0.380 e. The second-order valence-corrected chi connectivity index (χ2v) is 4.53. The minimum atomic E-state index is 0.645. The van der Waals surface area contributed by atoms with E-state index in [0.717, 1.165) is 52.6 Å². The summed E-state index contributed by atoms with van der Waals surface area (Å²) in [5.41, 5.74) is 5.74. The Morgan fingerprint density at radius 3 is 1.89 bits per heavy atom. The highest BCUT2D eigenvalue weighted by molar-refractivity contribution is 4.63. The van der Waals surface area contributed by atoms with Crippen LogP contribution in [0.25, 0.3) is 0 Å². The average Bonchev–Trinajstić information content (AvgIpc) is 2.39. The lowest BCUT2D eigenvalue weighted by molar-refractivity contribution is 0.0802. The molecule has 0 saturated heterocycles. The number of nitrogens with two attached hydrogens (primary N) is 1. The minimum absolute atomic E-state index is 0.645. The zero-order chi connectivity index (χ0) is 13.6. The Bertz CT molecular complexity index is 154. The third-order valence-electron chi connectivity index (χ3n) is 3.28. The van der Waals surface area contributed by atoms with E-state index in [4.69, 9.17) is 15.2 Å². The molecule has 0 heterocycles. The van der Waals surface area contributed by atoms with E-state index in [1.165, 1.54) is 12.8 Å². The summed E-state index contributed by atoms with van der Waals surface area (Å²) in [5, 5.41) is 0. The van der Waals surface area contributed by atoms with Crippen molar-refractivity contribution in [1.82, 2.24) is 4.90 Å². The zero-order valence-corrected chi connectivity index (χ0v) is 12.5. The van der Waals surface area contributed by atoms with Crippen LogP contribution in [0.1, 0.15) is 33.6 Å². The molecule has 0 aliphatic heterocycles. The first kappa shape index (κ1) is 17.8. The van der Waals surface area contributed by atoms with Gasteiger partial charge in [0.15, 0.2) is 0 Å². The largest absolute Gasteiger partial charge is 0.380 e. The maximum absolute atomic E-state index is 5.74. The molecule has 0 saturated carbocycles. The van der Waals surface area contributed by atoms with Gasteiger partial charge < -0.3 is 15.2 Å². The summed E-state index contributed by atoms with van der Waals surface area (Å²) in [6.07, 6.45) is 2.34. The van der Waals surface area contributed by atoms with Crippen LogP contribution in [0, 0.1) is 5.92 Å². The summed E-state index contributed by atoms with van der Waals surface area (Å²) in [6.45, 7) is 13.3. The molecule has 0 radical (unpaired) electrons. The first-order valence-electron chi connectivity index (χ1n) is 7.36. The van der Waals surface area contributed by atoms with Crippen LogP contribution in [0.15, 0.2) is 0 Å². The highest BCUT2D eigenvalue weighted by atomic mass is 16.5. The van der Waals surface area contributed by atoms with E-state index in [1.807, 2.05) is 13.8 Å². The highest BCUT2D eigenvalue weighted by Crippen LogP contribution is 2.07. The molecular weight excluding hydrogens is 228 g/mol. The van der Waals surface area contributed by atoms with Crippen LogP contribution >= 0.6 is 0 Å². The van der Waals surface area contributed by atoms with Crippen molar-refractivity contribution in [2.24, 2.45) is 11.7 Å². The Morgan fingerprint density at radius 1 is 0.944 bits per heavy atom. The van der Waals surface area contributed by atoms with Crippen molar-refractivity contribution in [2.75, 3.05) is 52.6 Å². The Hall–Kier alpha value is -0.160. The number of hydrogen-bond acceptors (Lipinski definition) is 4. The Morgan fingerprint density at radius 2 is 1.50 bits per heavy atom. The van der Waals surface area contributed by atoms with E-state index in [9.17, 15) is 0 Å². The van der Waals surface area contributed by atoms with Gasteiger partial charge in [0.25, 0.3) is 0 Å². The average molecular weight is 260 g/mol. The van der Waals surface area contributed by atoms with Gasteiger partial charge in [-0.3, -0.25) is 4.90 Å². The molecular formula is C14H32N2O2. The zero-order valence-electron chi connectivity index (χ0n) is 12.5. The number of hydrogen-bond donors (Lipinski definition) is 1. The molecule has 2 N–H and O–H groups in total. The van der Waals surface area contributed by atoms with Gasteiger partial charge in [-0.1, -0.05) is 13.3 Å². The fraction of sp³-hybridized carbons (Fsp3) is 1.00. The maximum atomic E-state index is 5.74. The molecule has 1 unspecified atom stereocenters. The number of nitrogens with zero attached hydrogens (tertiary/aromatic N) is 1. The van der Waals surface area contributed by atoms with Crippen LogP contribution < -0.4 is 5.73 Å². The molecule has 0 aromatic rings. The number of ether oxygens (including phenoxy) is 2. The van der Waals surface area contributed by atoms with Gasteiger partial charge in [0, 0.05) is 26.3 Å². The standard InChI is InChI=1S/C14H32N2O2/c1-4-14(13-15)7-8-16(9-11-17-5-2)10-12-18-6-3/h14H,4-13,15H2,1-3H3. The van der Waals surface area contributed by atoms with E-state index in [0.29, 0.717) is 5.92 Å². The molecule has 1 atom stereocenters. The Balaban J connectivity index is 3.86. The van der Waals surface area contributed by atoms with E-state index in [1.54, 1.807) is 0 Å². The van der Waals surface area contributed by atoms with Crippen LogP contribution in [-0.2, 0) is 9.47 Å². The molecule has 0 amide bonds. The van der Waals surface area contributed by atoms with Crippen LogP contribution in [-0.4, -0.2) is 57.5 Å². The summed E-state index contributed by atoms with van der Waals surface area (Å²) < 4.78 is 10.8. The molecule has 0 bridgehead atoms. The summed E-state index contributed by atoms with van der Waals surface area (Å²) in [4.78, 5) is 2.42. The highest BCUT2D eigenvalue weighted by Gasteiger charge is 2.09. The van der Waals surface area contributed by atoms with Crippen LogP contribution in [0.5, 0.6) is 0 Å². The van der Waals surface area contributed by atoms with Gasteiger partial charge in [-0.2, -0.15) is 0 Å². The molecule has 0 aromatic carbocycles. The van der Waals surface area contributed by atoms with Crippen molar-refractivity contribution in [3.05, 3.63) is 0 Å². The lowest BCUT2D eigenvalue weighted by atomic mass is 10.0. The van der Waals surface area contributed by atoms with E-state index in [2.05, 4.69) is 11.8 Å². The van der Waals surface area contributed by atoms with E-state index < -0.39 is 0 Å². The van der Waals surface area contributed by atoms with Gasteiger partial charge in [-0.15, -0.1) is 0 Å². The second-order valence-electron chi connectivity index (χ2n) is 4.53. The predicted molar refractivity (Wildman–Crippen MR) is 76.9 cm³/mol. The van der Waals surface area contributed by atoms with Crippen molar-refractivity contribution in [3.8, 4) is 0 Å². The molecule has 4 heteroatoms. The maximum Gasteiger partial charge on any atom is 0.0593 e. The molecule has 110 valence electrons. The van der Waals surface area contributed by atoms with Crippen molar-refractivity contribution >= 4 is 0 Å². The monoisotopic (exact) mass is 260 g/mol. The molecule has 0 spiro atoms. The molecule has 4 nitrogen and oxygen atoms in total. The summed E-state index contributed by atoms with van der Waals surface area (Å²) in [7, 11) is 0. The van der Waals surface area contributed by atoms with Gasteiger partial charge in [-0.25, -0.2) is 0 Å². The third-order valence-corrected chi connectivity index (χ3v) is 3.28. The Kier molecular flexibility index (Phi) is 13.2. The van der Waals surface area contributed by atoms with Gasteiger partial charge >= 0.3 is 0 Å². The lowest BCUT2D eigenvalue weighted by Gasteiger charge is -2.24. The summed E-state index contributed by atoms with van der Waals surface area (Å²) in [6, 6.07) is 0. The van der Waals surface area contributed by atoms with Gasteiger partial charge in [0.05, 0.1) is 13.2 Å². The van der Waals surface area contributed by atoms with E-state index in [-0.39, 0.29) is 0 Å². The normalized spacial score (nSPS) is 13.2. The lowest BCUT2D eigenvalue weighted by Crippen LogP contribution is -2.33. The van der Waals surface area contributed by atoms with Crippen molar-refractivity contribution in [3.63, 3.8) is 0 Å². The smallest absolute Gasteiger partial charge is 0.0593 e. The molecule has 0 fully saturated rings. The quantitative estimate of drug-likeness (QED) is 0.512. The van der Waals surface area contributed by atoms with Crippen LogP contribution in [0.4, 0.5) is 0 Å². The topological polar surface area (TPSA) is 47.7 Å². The molecule has 0 aliphatic carbocycles. The molecule has 0 rings (SSSR count). The predicted octanol–water partition coefficient (Wildman–Crippen LogP) is 1.74. The Labute approximate surface area is 113 Å². The fourth-order valence-electron chi connectivity index (χ4n) is 1.87. The van der Waals surface area contributed by atoms with E-state index >= 15 is 0 Å². The summed E-state index contributed by atoms with van der Waals surface area (Å²) >= 11 is 0. The van der Waals surface area contributed by atoms with Crippen LogP contribution in [0.2, 0.25) is 0 Å². The summed E-state index contributed by atoms with van der Waals surface area (Å²) in [5.74, 6) is 0.645. The fourth-order valence-corrected chi connectivity index (χ4v) is 1.87. The SMILES string of the molecule is CCOCCN(CCOCC)CCC(CC)CN. The first-order valence-corrected chi connectivity index (χ1v) is 7.36. The van der Waals surface area contributed by atoms with Gasteiger partial charge in [0.1, 0.15) is 0 Å². The van der Waals surface area contributed by atoms with Crippen molar-refractivity contribution in [2.45, 2.75) is 33.6 Å². The first-order chi connectivity index (χ1) is 8.78. The van der Waals surface area contributed by atoms with Crippen molar-refractivity contribution in [1.29, 1.82) is 0 Å². The molecule has 18 heavy (non-hydrogen) atoms. The van der Waals surface area contributed by atoms with Gasteiger partial charge in [0.2, 0.25) is 0 Å². The molecule has 0 aliphatic rings. The van der Waals surface area contributed by atoms with Crippen molar-refractivity contribution < 1.29 is 9.47 Å². The van der Waals surface area contributed by atoms with Gasteiger partial charge in [-0.05, 0) is 39.3 Å².